The molecule has 31 heavy (non-hydrogen) atoms. The summed E-state index contributed by atoms with van der Waals surface area (Å²) in [5, 5.41) is 1.45. The van der Waals surface area contributed by atoms with Gasteiger partial charge in [-0.1, -0.05) is 39.3 Å². The Morgan fingerprint density at radius 3 is 1.19 bits per heavy atom. The summed E-state index contributed by atoms with van der Waals surface area (Å²) in [4.78, 5) is 0. The van der Waals surface area contributed by atoms with Crippen LogP contribution in [0.3, 0.4) is 0 Å². The zero-order valence-corrected chi connectivity index (χ0v) is 20.2. The molecule has 22 radical (unpaired) electrons. The number of hydrogen-bond acceptors (Lipinski definition) is 1. The molecule has 0 nitrogen and oxygen atoms in total. The van der Waals surface area contributed by atoms with E-state index in [2.05, 4.69) is 68.2 Å². The van der Waals surface area contributed by atoms with E-state index in [4.69, 9.17) is 15.5 Å². The zero-order chi connectivity index (χ0) is 22.8. The first kappa shape index (κ1) is 32.6. The van der Waals surface area contributed by atoms with Crippen LogP contribution in [0.4, 0.5) is 0 Å². The Balaban J connectivity index is 3.29. The predicted octanol–water partition coefficient (Wildman–Crippen LogP) is -3.62. The zero-order valence-electron chi connectivity index (χ0n) is 19.4. The molecule has 0 aliphatic heterocycles. The van der Waals surface area contributed by atoms with Crippen molar-refractivity contribution in [3.8, 4) is 0 Å². The van der Waals surface area contributed by atoms with Crippen molar-refractivity contribution < 1.29 is 0 Å². The average Bonchev–Trinajstić information content (AvgIpc) is 2.75. The first-order chi connectivity index (χ1) is 15.2. The molecule has 0 N–H and O–H groups in total. The van der Waals surface area contributed by atoms with Gasteiger partial charge >= 0.3 is 0 Å². The second kappa shape index (κ2) is 27.9. The minimum Gasteiger partial charge on any atom is -0.156 e. The van der Waals surface area contributed by atoms with Gasteiger partial charge in [0.1, 0.15) is 0 Å². The Morgan fingerprint density at radius 2 is 0.839 bits per heavy atom. The molecule has 0 spiro atoms. The van der Waals surface area contributed by atoms with E-state index >= 15 is 0 Å². The van der Waals surface area contributed by atoms with Crippen molar-refractivity contribution in [2.45, 2.75) is 62.7 Å². The third-order valence-electron chi connectivity index (χ3n) is 4.26. The van der Waals surface area contributed by atoms with Crippen LogP contribution in [0.15, 0.2) is 0 Å². The molecule has 0 aliphatic rings. The van der Waals surface area contributed by atoms with Crippen molar-refractivity contribution in [2.24, 2.45) is 0 Å². The Kier molecular flexibility index (Phi) is 29.4. The molecule has 0 saturated heterocycles. The lowest BCUT2D eigenvalue weighted by atomic mass is 8.89. The number of hydrogen-bond donors (Lipinski definition) is 0. The molecule has 0 aromatic rings. The third-order valence-corrected chi connectivity index (χ3v) is 5.66. The molecule has 0 aromatic carbocycles. The summed E-state index contributed by atoms with van der Waals surface area (Å²) in [6.45, 7) is 4.72. The second-order valence-corrected chi connectivity index (χ2v) is 9.05. The Hall–Kier alpha value is 1.65. The molecule has 0 aliphatic carbocycles. The van der Waals surface area contributed by atoms with Crippen LogP contribution in [0, 0.1) is 0 Å². The lowest BCUT2D eigenvalue weighted by molar-refractivity contribution is 0.754. The van der Waals surface area contributed by atoms with E-state index in [0.717, 1.165) is 23.1 Å². The van der Waals surface area contributed by atoms with Crippen molar-refractivity contribution in [1.82, 2.24) is 0 Å². The largest absolute Gasteiger partial charge is 0.156 e. The first-order valence-electron chi connectivity index (χ1n) is 11.3. The highest BCUT2D eigenvalue weighted by Crippen LogP contribution is 2.25. The van der Waals surface area contributed by atoms with E-state index in [9.17, 15) is 0 Å². The molecular weight excluding hydrogens is 368 g/mol. The van der Waals surface area contributed by atoms with Crippen LogP contribution in [0.25, 0.3) is 0 Å². The lowest BCUT2D eigenvalue weighted by Crippen LogP contribution is -2.31. The predicted molar refractivity (Wildman–Crippen MR) is 170 cm³/mol. The molecule has 0 saturated carbocycles. The number of thioether (sulfide) groups is 1. The van der Waals surface area contributed by atoms with Crippen molar-refractivity contribution >= 4 is 155 Å². The minimum absolute atomic E-state index is 0.726. The lowest BCUT2D eigenvalue weighted by Gasteiger charge is -2.17. The molecule has 2 atom stereocenters. The van der Waals surface area contributed by atoms with Gasteiger partial charge in [0.05, 0.1) is 14.3 Å². The summed E-state index contributed by atoms with van der Waals surface area (Å²) in [5.74, 6) is 0. The second-order valence-electron chi connectivity index (χ2n) is 7.17. The van der Waals surface area contributed by atoms with Gasteiger partial charge in [0.15, 0.2) is 0 Å². The fraction of sp³-hybridized carbons (Fsp3) is 1.00. The molecule has 0 fully saturated rings. The molecule has 2 unspecified atom stereocenters. The molecule has 0 aromatic heterocycles. The third kappa shape index (κ3) is 27.8. The van der Waals surface area contributed by atoms with Crippen molar-refractivity contribution in [2.75, 3.05) is 0 Å². The highest BCUT2D eigenvalue weighted by atomic mass is 32.2. The van der Waals surface area contributed by atoms with Gasteiger partial charge in [0.2, 0.25) is 0 Å². The maximum absolute atomic E-state index is 5.26. The maximum Gasteiger partial charge on any atom is 0.0544 e. The SMILES string of the molecule is [B][B][B][B][B][B][B][B][B][B]CCCC(C)SC(C)CCC[B][B][B][B][B][B][B][B][B][B]. The average molecular weight is 389 g/mol. The van der Waals surface area contributed by atoms with Crippen LogP contribution in [0.5, 0.6) is 0 Å². The molecular formula is C10H20B20S. The minimum atomic E-state index is 0.726. The summed E-state index contributed by atoms with van der Waals surface area (Å²) in [7, 11) is 45.8. The maximum atomic E-state index is 5.26. The van der Waals surface area contributed by atoms with E-state index in [1.807, 2.05) is 56.5 Å². The summed E-state index contributed by atoms with van der Waals surface area (Å²) in [5.41, 5.74) is 0. The Morgan fingerprint density at radius 1 is 0.516 bits per heavy atom. The normalized spacial score (nSPS) is 11.2. The monoisotopic (exact) mass is 392 g/mol. The van der Waals surface area contributed by atoms with Crippen LogP contribution >= 0.6 is 11.8 Å². The van der Waals surface area contributed by atoms with Crippen LogP contribution < -0.4 is 0 Å². The smallest absolute Gasteiger partial charge is 0.0544 e. The highest BCUT2D eigenvalue weighted by molar-refractivity contribution is 8.00. The van der Waals surface area contributed by atoms with E-state index in [1.54, 1.807) is 14.1 Å². The standard InChI is InChI=1S/C10H20B20S/c1-9(5-3-7-13-17-21-25-29-27-23-19-15-11)31-10(2)6-4-8-14-18-22-26-30-28-24-20-16-12/h9-10H,3-8H2,1-2H3. The summed E-state index contributed by atoms with van der Waals surface area (Å²) >= 11 is 2.13. The van der Waals surface area contributed by atoms with E-state index < -0.39 is 0 Å². The van der Waals surface area contributed by atoms with Crippen LogP contribution in [0.2, 0.25) is 12.6 Å². The van der Waals surface area contributed by atoms with Crippen LogP contribution in [-0.4, -0.2) is 153 Å². The fourth-order valence-electron chi connectivity index (χ4n) is 2.70. The van der Waals surface area contributed by atoms with E-state index in [0.29, 0.717) is 0 Å². The van der Waals surface area contributed by atoms with Gasteiger partial charge in [-0.05, 0) is 12.8 Å². The summed E-state index contributed by atoms with van der Waals surface area (Å²) < 4.78 is 0. The van der Waals surface area contributed by atoms with Crippen LogP contribution in [0.1, 0.15) is 39.5 Å². The van der Waals surface area contributed by atoms with Crippen molar-refractivity contribution in [3.63, 3.8) is 0 Å². The highest BCUT2D eigenvalue weighted by Gasteiger charge is 2.09. The molecule has 126 valence electrons. The van der Waals surface area contributed by atoms with Gasteiger partial charge in [-0.25, -0.2) is 0 Å². The molecule has 0 bridgehead atoms. The van der Waals surface area contributed by atoms with Gasteiger partial charge < -0.3 is 0 Å². The Bertz CT molecular complexity index is 311. The molecule has 0 rings (SSSR count). The van der Waals surface area contributed by atoms with E-state index in [1.165, 1.54) is 39.8 Å². The molecule has 0 heterocycles. The van der Waals surface area contributed by atoms with Gasteiger partial charge in [-0.2, -0.15) is 11.8 Å². The molecule has 21 heteroatoms. The van der Waals surface area contributed by atoms with Gasteiger partial charge in [-0.15, -0.1) is 0 Å². The topological polar surface area (TPSA) is 0 Å². The van der Waals surface area contributed by atoms with Gasteiger partial charge in [-0.3, -0.25) is 0 Å². The van der Waals surface area contributed by atoms with E-state index in [-0.39, 0.29) is 0 Å². The fourth-order valence-corrected chi connectivity index (χ4v) is 4.10. The first-order valence-corrected chi connectivity index (χ1v) is 12.2. The van der Waals surface area contributed by atoms with Gasteiger partial charge in [0, 0.05) is 139 Å². The summed E-state index contributed by atoms with van der Waals surface area (Å²) in [6.07, 6.45) is 7.34. The van der Waals surface area contributed by atoms with Crippen LogP contribution in [-0.2, 0) is 0 Å². The summed E-state index contributed by atoms with van der Waals surface area (Å²) in [6, 6.07) is 0. The quantitative estimate of drug-likeness (QED) is 0.109. The van der Waals surface area contributed by atoms with Gasteiger partial charge in [0.25, 0.3) is 0 Å². The molecule has 0 amide bonds. The Labute approximate surface area is 216 Å². The van der Waals surface area contributed by atoms with Crippen molar-refractivity contribution in [3.05, 3.63) is 0 Å². The number of rotatable bonds is 26. The van der Waals surface area contributed by atoms with Crippen molar-refractivity contribution in [1.29, 1.82) is 0 Å².